The zero-order valence-electron chi connectivity index (χ0n) is 18.6. The number of methoxy groups -OCH3 is 1. The van der Waals surface area contributed by atoms with Crippen LogP contribution in [0.1, 0.15) is 40.0 Å². The molecule has 2 bridgehead atoms. The van der Waals surface area contributed by atoms with Crippen molar-refractivity contribution in [3.63, 3.8) is 0 Å². The first-order chi connectivity index (χ1) is 13.8. The van der Waals surface area contributed by atoms with E-state index < -0.39 is 6.10 Å². The molecule has 2 aliphatic carbocycles. The Morgan fingerprint density at radius 3 is 2.38 bits per heavy atom. The molecule has 0 spiro atoms. The van der Waals surface area contributed by atoms with Crippen LogP contribution in [0.5, 0.6) is 5.75 Å². The average Bonchev–Trinajstić information content (AvgIpc) is 3.19. The van der Waals surface area contributed by atoms with Crippen LogP contribution >= 0.6 is 0 Å². The van der Waals surface area contributed by atoms with Crippen LogP contribution in [0.4, 0.5) is 5.69 Å². The second-order valence-corrected chi connectivity index (χ2v) is 10.3. The number of ether oxygens (including phenoxy) is 2. The smallest absolute Gasteiger partial charge is 0.119 e. The van der Waals surface area contributed by atoms with Crippen molar-refractivity contribution in [2.75, 3.05) is 51.3 Å². The number of aliphatic hydroxyl groups is 1. The molecule has 4 rings (SSSR count). The van der Waals surface area contributed by atoms with Crippen LogP contribution in [-0.2, 0) is 4.74 Å². The fourth-order valence-electron chi connectivity index (χ4n) is 6.21. The van der Waals surface area contributed by atoms with E-state index in [4.69, 9.17) is 9.47 Å². The Morgan fingerprint density at radius 1 is 1.10 bits per heavy atom. The van der Waals surface area contributed by atoms with Gasteiger partial charge in [-0.2, -0.15) is 0 Å². The van der Waals surface area contributed by atoms with Gasteiger partial charge in [0.15, 0.2) is 0 Å². The van der Waals surface area contributed by atoms with Crippen molar-refractivity contribution in [3.05, 3.63) is 24.3 Å². The Labute approximate surface area is 176 Å². The second kappa shape index (κ2) is 8.09. The topological polar surface area (TPSA) is 45.2 Å². The maximum Gasteiger partial charge on any atom is 0.119 e. The lowest BCUT2D eigenvalue weighted by atomic mass is 9.70. The molecule has 1 aliphatic heterocycles. The van der Waals surface area contributed by atoms with E-state index in [1.165, 1.54) is 24.9 Å². The van der Waals surface area contributed by atoms with Crippen LogP contribution < -0.4 is 9.64 Å². The van der Waals surface area contributed by atoms with Gasteiger partial charge in [-0.05, 0) is 60.3 Å². The van der Waals surface area contributed by atoms with E-state index >= 15 is 0 Å². The summed E-state index contributed by atoms with van der Waals surface area (Å²) in [5.41, 5.74) is 1.77. The van der Waals surface area contributed by atoms with Gasteiger partial charge in [-0.25, -0.2) is 0 Å². The predicted octanol–water partition coefficient (Wildman–Crippen LogP) is 3.41. The lowest BCUT2D eigenvalue weighted by Crippen LogP contribution is -2.50. The molecule has 1 aromatic carbocycles. The first kappa shape index (κ1) is 21.0. The molecule has 5 nitrogen and oxygen atoms in total. The molecule has 4 atom stereocenters. The summed E-state index contributed by atoms with van der Waals surface area (Å²) >= 11 is 0. The largest absolute Gasteiger partial charge is 0.497 e. The van der Waals surface area contributed by atoms with Gasteiger partial charge in [-0.3, -0.25) is 4.90 Å². The summed E-state index contributed by atoms with van der Waals surface area (Å²) in [7, 11) is 1.70. The summed E-state index contributed by atoms with van der Waals surface area (Å²) in [6.45, 7) is 12.2. The van der Waals surface area contributed by atoms with Crippen molar-refractivity contribution < 1.29 is 14.6 Å². The number of hydrogen-bond donors (Lipinski definition) is 1. The standard InChI is InChI=1S/C24H38N2O3/c1-23(2)18-9-10-24(3,15-18)22(23)29-17-20(27)16-25-11-13-26(14-12-25)19-5-7-21(28-4)8-6-19/h5-8,18,20,22,27H,9-17H2,1-4H3/t18-,20-,22-,24+/m1/s1. The molecular formula is C24H38N2O3. The van der Waals surface area contributed by atoms with E-state index in [9.17, 15) is 5.11 Å². The van der Waals surface area contributed by atoms with Crippen molar-refractivity contribution in [2.45, 2.75) is 52.2 Å². The lowest BCUT2D eigenvalue weighted by molar-refractivity contribution is -0.113. The fraction of sp³-hybridized carbons (Fsp3) is 0.750. The van der Waals surface area contributed by atoms with Gasteiger partial charge in [-0.15, -0.1) is 0 Å². The monoisotopic (exact) mass is 402 g/mol. The SMILES string of the molecule is COc1ccc(N2CCN(C[C@@H](O)CO[C@@H]3C(C)(C)[C@@H]4CC[C@@]3(C)C4)CC2)cc1. The zero-order chi connectivity index (χ0) is 20.6. The zero-order valence-corrected chi connectivity index (χ0v) is 18.6. The third kappa shape index (κ3) is 4.14. The minimum Gasteiger partial charge on any atom is -0.497 e. The number of fused-ring (bicyclic) bond motifs is 2. The molecule has 2 saturated carbocycles. The summed E-state index contributed by atoms with van der Waals surface area (Å²) in [6.07, 6.45) is 3.75. The molecular weight excluding hydrogens is 364 g/mol. The number of hydrogen-bond acceptors (Lipinski definition) is 5. The fourth-order valence-corrected chi connectivity index (χ4v) is 6.21. The van der Waals surface area contributed by atoms with Gasteiger partial charge in [0.05, 0.1) is 25.9 Å². The van der Waals surface area contributed by atoms with E-state index in [1.807, 2.05) is 12.1 Å². The van der Waals surface area contributed by atoms with Crippen molar-refractivity contribution in [1.82, 2.24) is 4.90 Å². The molecule has 3 fully saturated rings. The van der Waals surface area contributed by atoms with E-state index in [-0.39, 0.29) is 11.5 Å². The van der Waals surface area contributed by atoms with Crippen molar-refractivity contribution in [3.8, 4) is 5.75 Å². The maximum atomic E-state index is 10.6. The summed E-state index contributed by atoms with van der Waals surface area (Å²) in [5.74, 6) is 1.67. The maximum absolute atomic E-state index is 10.6. The molecule has 0 amide bonds. The number of aliphatic hydroxyl groups excluding tert-OH is 1. The van der Waals surface area contributed by atoms with Crippen LogP contribution in [-0.4, -0.2) is 68.7 Å². The number of benzene rings is 1. The van der Waals surface area contributed by atoms with Crippen LogP contribution in [0.25, 0.3) is 0 Å². The molecule has 0 radical (unpaired) electrons. The van der Waals surface area contributed by atoms with Gasteiger partial charge in [0, 0.05) is 38.4 Å². The normalized spacial score (nSPS) is 32.5. The number of nitrogens with zero attached hydrogens (tertiary/aromatic N) is 2. The molecule has 1 N–H and O–H groups in total. The second-order valence-electron chi connectivity index (χ2n) is 10.3. The quantitative estimate of drug-likeness (QED) is 0.757. The number of piperazine rings is 1. The van der Waals surface area contributed by atoms with Gasteiger partial charge in [0.25, 0.3) is 0 Å². The van der Waals surface area contributed by atoms with Crippen LogP contribution in [0.15, 0.2) is 24.3 Å². The molecule has 3 aliphatic rings. The Hall–Kier alpha value is -1.30. The lowest BCUT2D eigenvalue weighted by Gasteiger charge is -2.43. The van der Waals surface area contributed by atoms with Crippen molar-refractivity contribution >= 4 is 5.69 Å². The Kier molecular flexibility index (Phi) is 5.84. The molecule has 0 aromatic heterocycles. The molecule has 1 heterocycles. The van der Waals surface area contributed by atoms with E-state index in [2.05, 4.69) is 42.7 Å². The predicted molar refractivity (Wildman–Crippen MR) is 117 cm³/mol. The van der Waals surface area contributed by atoms with Crippen LogP contribution in [0.3, 0.4) is 0 Å². The number of anilines is 1. The van der Waals surface area contributed by atoms with Gasteiger partial charge in [0.2, 0.25) is 0 Å². The average molecular weight is 403 g/mol. The van der Waals surface area contributed by atoms with Crippen LogP contribution in [0.2, 0.25) is 0 Å². The summed E-state index contributed by atoms with van der Waals surface area (Å²) in [5, 5.41) is 10.6. The van der Waals surface area contributed by atoms with E-state index in [0.717, 1.165) is 37.8 Å². The van der Waals surface area contributed by atoms with Gasteiger partial charge in [0.1, 0.15) is 5.75 Å². The van der Waals surface area contributed by atoms with Crippen molar-refractivity contribution in [1.29, 1.82) is 0 Å². The third-order valence-electron chi connectivity index (χ3n) is 7.87. The minimum absolute atomic E-state index is 0.233. The molecule has 29 heavy (non-hydrogen) atoms. The molecule has 162 valence electrons. The number of β-amino-alcohol motifs (C(OH)–C–C–N with tert-alkyl or cyclic N) is 1. The van der Waals surface area contributed by atoms with Crippen LogP contribution in [0, 0.1) is 16.7 Å². The van der Waals surface area contributed by atoms with E-state index in [1.54, 1.807) is 7.11 Å². The van der Waals surface area contributed by atoms with Gasteiger partial charge >= 0.3 is 0 Å². The number of rotatable bonds is 7. The first-order valence-corrected chi connectivity index (χ1v) is 11.2. The Bertz CT molecular complexity index is 679. The van der Waals surface area contributed by atoms with E-state index in [0.29, 0.717) is 18.6 Å². The molecule has 5 heteroatoms. The third-order valence-corrected chi connectivity index (χ3v) is 7.87. The summed E-state index contributed by atoms with van der Waals surface area (Å²) in [4.78, 5) is 4.76. The highest BCUT2D eigenvalue weighted by atomic mass is 16.5. The van der Waals surface area contributed by atoms with Gasteiger partial charge in [-0.1, -0.05) is 20.8 Å². The highest BCUT2D eigenvalue weighted by molar-refractivity contribution is 5.49. The highest BCUT2D eigenvalue weighted by Crippen LogP contribution is 2.63. The first-order valence-electron chi connectivity index (χ1n) is 11.2. The molecule has 1 saturated heterocycles. The Morgan fingerprint density at radius 2 is 1.79 bits per heavy atom. The Balaban J connectivity index is 1.22. The highest BCUT2D eigenvalue weighted by Gasteiger charge is 2.60. The van der Waals surface area contributed by atoms with Gasteiger partial charge < -0.3 is 19.5 Å². The molecule has 0 unspecified atom stereocenters. The summed E-state index contributed by atoms with van der Waals surface area (Å²) in [6, 6.07) is 8.27. The molecule has 1 aromatic rings. The summed E-state index contributed by atoms with van der Waals surface area (Å²) < 4.78 is 11.6. The van der Waals surface area contributed by atoms with Crippen molar-refractivity contribution in [2.24, 2.45) is 16.7 Å². The minimum atomic E-state index is -0.416.